The van der Waals surface area contributed by atoms with Gasteiger partial charge in [0, 0.05) is 30.7 Å². The monoisotopic (exact) mass is 446 g/mol. The molecule has 33 heavy (non-hydrogen) atoms. The highest BCUT2D eigenvalue weighted by Gasteiger charge is 2.28. The summed E-state index contributed by atoms with van der Waals surface area (Å²) in [5.74, 6) is 1.55. The maximum atomic E-state index is 12.8. The molecule has 9 heteroatoms. The fourth-order valence-corrected chi connectivity index (χ4v) is 4.09. The highest BCUT2D eigenvalue weighted by atomic mass is 16.5. The predicted octanol–water partition coefficient (Wildman–Crippen LogP) is 2.57. The Bertz CT molecular complexity index is 1270. The van der Waals surface area contributed by atoms with Crippen molar-refractivity contribution in [3.63, 3.8) is 0 Å². The van der Waals surface area contributed by atoms with Crippen molar-refractivity contribution in [2.45, 2.75) is 26.5 Å². The molecule has 9 nitrogen and oxygen atoms in total. The van der Waals surface area contributed by atoms with Crippen molar-refractivity contribution in [1.82, 2.24) is 29.0 Å². The summed E-state index contributed by atoms with van der Waals surface area (Å²) in [5.41, 5.74) is 3.61. The van der Waals surface area contributed by atoms with E-state index in [0.29, 0.717) is 32.0 Å². The van der Waals surface area contributed by atoms with Crippen LogP contribution in [0.4, 0.5) is 0 Å². The Balaban J connectivity index is 1.35. The van der Waals surface area contributed by atoms with Crippen LogP contribution in [0.5, 0.6) is 5.75 Å². The first-order valence-electron chi connectivity index (χ1n) is 11.0. The first kappa shape index (κ1) is 21.1. The quantitative estimate of drug-likeness (QED) is 0.453. The molecule has 1 saturated heterocycles. The standard InChI is InChI=1S/C24H26N6O3/c1-17-20(14-28-11-10-25-18(28)2)24-26-9-8-21(30(24)27-17)22-15-29(12-13-32-22)23(31)16-33-19-6-4-3-5-7-19/h3-11,22H,12-16H2,1-2H3/t22-/m0/s1. The molecule has 0 aliphatic carbocycles. The van der Waals surface area contributed by atoms with Gasteiger partial charge >= 0.3 is 0 Å². The number of fused-ring (bicyclic) bond motifs is 1. The Hall–Kier alpha value is -3.72. The molecule has 1 atom stereocenters. The molecule has 170 valence electrons. The third-order valence-electron chi connectivity index (χ3n) is 5.95. The van der Waals surface area contributed by atoms with Gasteiger partial charge in [-0.2, -0.15) is 5.10 Å². The van der Waals surface area contributed by atoms with Crippen molar-refractivity contribution in [1.29, 1.82) is 0 Å². The number of benzene rings is 1. The van der Waals surface area contributed by atoms with Gasteiger partial charge in [-0.15, -0.1) is 0 Å². The van der Waals surface area contributed by atoms with Gasteiger partial charge in [-0.05, 0) is 32.0 Å². The van der Waals surface area contributed by atoms with Gasteiger partial charge in [0.1, 0.15) is 17.7 Å². The highest BCUT2D eigenvalue weighted by molar-refractivity contribution is 5.78. The highest BCUT2D eigenvalue weighted by Crippen LogP contribution is 2.25. The summed E-state index contributed by atoms with van der Waals surface area (Å²) in [7, 11) is 0. The van der Waals surface area contributed by atoms with Crippen LogP contribution in [-0.2, 0) is 16.1 Å². The number of imidazole rings is 1. The van der Waals surface area contributed by atoms with Gasteiger partial charge in [-0.25, -0.2) is 14.5 Å². The van der Waals surface area contributed by atoms with Crippen LogP contribution in [0.3, 0.4) is 0 Å². The molecule has 1 aromatic carbocycles. The number of ether oxygens (including phenoxy) is 2. The Kier molecular flexibility index (Phi) is 5.78. The smallest absolute Gasteiger partial charge is 0.260 e. The fraction of sp³-hybridized carbons (Fsp3) is 0.333. The number of carbonyl (C=O) groups excluding carboxylic acids is 1. The lowest BCUT2D eigenvalue weighted by Crippen LogP contribution is -2.44. The van der Waals surface area contributed by atoms with Crippen LogP contribution < -0.4 is 4.74 Å². The Morgan fingerprint density at radius 2 is 2.00 bits per heavy atom. The van der Waals surface area contributed by atoms with Crippen molar-refractivity contribution in [3.8, 4) is 5.75 Å². The van der Waals surface area contributed by atoms with Gasteiger partial charge in [0.2, 0.25) is 0 Å². The van der Waals surface area contributed by atoms with Crippen molar-refractivity contribution >= 4 is 11.6 Å². The lowest BCUT2D eigenvalue weighted by atomic mass is 10.2. The maximum Gasteiger partial charge on any atom is 0.260 e. The summed E-state index contributed by atoms with van der Waals surface area (Å²) >= 11 is 0. The maximum absolute atomic E-state index is 12.8. The number of amides is 1. The molecule has 0 saturated carbocycles. The average Bonchev–Trinajstić information content (AvgIpc) is 3.40. The van der Waals surface area contributed by atoms with E-state index in [1.807, 2.05) is 61.0 Å². The zero-order valence-electron chi connectivity index (χ0n) is 18.7. The van der Waals surface area contributed by atoms with Gasteiger partial charge in [-0.1, -0.05) is 18.2 Å². The fourth-order valence-electron chi connectivity index (χ4n) is 4.09. The molecule has 1 aliphatic rings. The lowest BCUT2D eigenvalue weighted by molar-refractivity contribution is -0.141. The number of aryl methyl sites for hydroxylation is 2. The number of hydrogen-bond donors (Lipinski definition) is 0. The Morgan fingerprint density at radius 3 is 2.79 bits per heavy atom. The third-order valence-corrected chi connectivity index (χ3v) is 5.95. The van der Waals surface area contributed by atoms with E-state index in [2.05, 4.69) is 14.5 Å². The zero-order valence-corrected chi connectivity index (χ0v) is 18.7. The van der Waals surface area contributed by atoms with Crippen LogP contribution in [0.25, 0.3) is 5.65 Å². The second-order valence-corrected chi connectivity index (χ2v) is 8.07. The SMILES string of the molecule is Cc1nn2c([C@@H]3CN(C(=O)COc4ccccc4)CCO3)ccnc2c1Cn1ccnc1C. The summed E-state index contributed by atoms with van der Waals surface area (Å²) in [6, 6.07) is 11.3. The van der Waals surface area contributed by atoms with E-state index in [4.69, 9.17) is 14.6 Å². The molecule has 4 aromatic rings. The molecule has 0 bridgehead atoms. The van der Waals surface area contributed by atoms with Crippen molar-refractivity contribution in [2.75, 3.05) is 26.3 Å². The molecule has 0 spiro atoms. The summed E-state index contributed by atoms with van der Waals surface area (Å²) < 4.78 is 15.6. The van der Waals surface area contributed by atoms with Crippen LogP contribution in [0, 0.1) is 13.8 Å². The van der Waals surface area contributed by atoms with Gasteiger partial charge in [0.15, 0.2) is 12.3 Å². The summed E-state index contributed by atoms with van der Waals surface area (Å²) in [4.78, 5) is 23.5. The molecular weight excluding hydrogens is 420 g/mol. The third kappa shape index (κ3) is 4.31. The Labute approximate surface area is 191 Å². The van der Waals surface area contributed by atoms with Gasteiger partial charge in [0.05, 0.1) is 31.1 Å². The number of nitrogens with zero attached hydrogens (tertiary/aromatic N) is 6. The minimum absolute atomic E-state index is 0.00221. The van der Waals surface area contributed by atoms with E-state index < -0.39 is 0 Å². The van der Waals surface area contributed by atoms with E-state index in [-0.39, 0.29) is 18.6 Å². The van der Waals surface area contributed by atoms with Gasteiger partial charge in [-0.3, -0.25) is 4.79 Å². The van der Waals surface area contributed by atoms with E-state index in [0.717, 1.165) is 28.4 Å². The first-order chi connectivity index (χ1) is 16.1. The van der Waals surface area contributed by atoms with E-state index in [1.54, 1.807) is 17.3 Å². The topological polar surface area (TPSA) is 86.8 Å². The number of para-hydroxylation sites is 1. The normalized spacial score (nSPS) is 16.3. The van der Waals surface area contributed by atoms with Crippen LogP contribution in [0.2, 0.25) is 0 Å². The molecule has 0 radical (unpaired) electrons. The summed E-state index contributed by atoms with van der Waals surface area (Å²) in [6.07, 6.45) is 5.22. The summed E-state index contributed by atoms with van der Waals surface area (Å²) in [5, 5.41) is 4.76. The lowest BCUT2D eigenvalue weighted by Gasteiger charge is -2.33. The summed E-state index contributed by atoms with van der Waals surface area (Å²) in [6.45, 7) is 6.02. The van der Waals surface area contributed by atoms with Crippen molar-refractivity contribution < 1.29 is 14.3 Å². The average molecular weight is 447 g/mol. The predicted molar refractivity (Wildman–Crippen MR) is 121 cm³/mol. The van der Waals surface area contributed by atoms with Crippen LogP contribution >= 0.6 is 0 Å². The van der Waals surface area contributed by atoms with Crippen molar-refractivity contribution in [2.24, 2.45) is 0 Å². The van der Waals surface area contributed by atoms with E-state index >= 15 is 0 Å². The molecule has 5 rings (SSSR count). The van der Waals surface area contributed by atoms with Crippen LogP contribution in [0.1, 0.15) is 28.9 Å². The van der Waals surface area contributed by atoms with Crippen LogP contribution in [0.15, 0.2) is 55.0 Å². The molecule has 0 N–H and O–H groups in total. The number of hydrogen-bond acceptors (Lipinski definition) is 6. The molecular formula is C24H26N6O3. The van der Waals surface area contributed by atoms with E-state index in [1.165, 1.54) is 0 Å². The molecule has 1 aliphatic heterocycles. The van der Waals surface area contributed by atoms with Gasteiger partial charge in [0.25, 0.3) is 5.91 Å². The second kappa shape index (κ2) is 9.03. The molecule has 4 heterocycles. The number of aromatic nitrogens is 5. The van der Waals surface area contributed by atoms with Gasteiger partial charge < -0.3 is 18.9 Å². The number of morpholine rings is 1. The second-order valence-electron chi connectivity index (χ2n) is 8.07. The van der Waals surface area contributed by atoms with E-state index in [9.17, 15) is 4.79 Å². The number of carbonyl (C=O) groups is 1. The number of rotatable bonds is 6. The molecule has 3 aromatic heterocycles. The first-order valence-corrected chi connectivity index (χ1v) is 11.0. The molecule has 1 fully saturated rings. The largest absolute Gasteiger partial charge is 0.484 e. The van der Waals surface area contributed by atoms with Crippen molar-refractivity contribution in [3.05, 3.63) is 77.8 Å². The minimum Gasteiger partial charge on any atom is -0.484 e. The minimum atomic E-state index is -0.299. The Morgan fingerprint density at radius 1 is 1.15 bits per heavy atom. The molecule has 1 amide bonds. The van der Waals surface area contributed by atoms with Crippen LogP contribution in [-0.4, -0.2) is 61.3 Å². The molecule has 0 unspecified atom stereocenters. The zero-order chi connectivity index (χ0) is 22.8.